The van der Waals surface area contributed by atoms with Gasteiger partial charge in [0.1, 0.15) is 11.5 Å². The van der Waals surface area contributed by atoms with Crippen molar-refractivity contribution < 1.29 is 9.32 Å². The highest BCUT2D eigenvalue weighted by Crippen LogP contribution is 2.40. The van der Waals surface area contributed by atoms with Crippen molar-refractivity contribution in [1.82, 2.24) is 25.2 Å². The average molecular weight is 317 g/mol. The number of carbonyl (C=O) groups is 1. The molecule has 0 spiro atoms. The molecular weight excluding hydrogens is 294 g/mol. The Morgan fingerprint density at radius 1 is 1.57 bits per heavy atom. The molecule has 0 radical (unpaired) electrons. The topological polar surface area (TPSA) is 76.2 Å². The Morgan fingerprint density at radius 3 is 2.96 bits per heavy atom. The Labute approximate surface area is 135 Å². The molecular formula is C16H23N5O2. The van der Waals surface area contributed by atoms with Crippen molar-refractivity contribution in [3.8, 4) is 0 Å². The van der Waals surface area contributed by atoms with E-state index in [1.165, 1.54) is 12.8 Å². The first-order valence-corrected chi connectivity index (χ1v) is 8.03. The number of aryl methyl sites for hydroxylation is 1. The van der Waals surface area contributed by atoms with Gasteiger partial charge in [-0.1, -0.05) is 12.1 Å². The number of aromatic nitrogens is 3. The number of rotatable bonds is 6. The van der Waals surface area contributed by atoms with Crippen LogP contribution in [0.15, 0.2) is 22.9 Å². The van der Waals surface area contributed by atoms with Crippen LogP contribution in [0.1, 0.15) is 55.3 Å². The predicted molar refractivity (Wildman–Crippen MR) is 84.7 cm³/mol. The Bertz CT molecular complexity index is 674. The van der Waals surface area contributed by atoms with Crippen molar-refractivity contribution in [2.24, 2.45) is 7.05 Å². The maximum Gasteiger partial charge on any atom is 0.318 e. The molecule has 0 saturated heterocycles. The molecule has 0 aliphatic heterocycles. The maximum absolute atomic E-state index is 12.4. The van der Waals surface area contributed by atoms with Gasteiger partial charge >= 0.3 is 6.03 Å². The first kappa shape index (κ1) is 15.6. The van der Waals surface area contributed by atoms with E-state index in [0.29, 0.717) is 12.5 Å². The van der Waals surface area contributed by atoms with E-state index in [9.17, 15) is 4.79 Å². The number of hydrogen-bond donors (Lipinski definition) is 1. The van der Waals surface area contributed by atoms with Crippen molar-refractivity contribution in [2.75, 3.05) is 7.05 Å². The minimum Gasteiger partial charge on any atom is -0.361 e. The molecule has 0 aromatic carbocycles. The van der Waals surface area contributed by atoms with Crippen molar-refractivity contribution in [1.29, 1.82) is 0 Å². The molecule has 0 bridgehead atoms. The first-order chi connectivity index (χ1) is 11.1. The standard InChI is InChI=1S/C16H23N5O2/c1-4-13(14-7-8-17-21(14)3)18-16(22)20(2)10-12-9-15(23-19-12)11-5-6-11/h7-9,11,13H,4-6,10H2,1-3H3,(H,18,22)/t13-/m0/s1. The summed E-state index contributed by atoms with van der Waals surface area (Å²) in [5, 5.41) is 11.3. The molecule has 2 heterocycles. The quantitative estimate of drug-likeness (QED) is 0.888. The highest BCUT2D eigenvalue weighted by molar-refractivity contribution is 5.74. The van der Waals surface area contributed by atoms with Crippen LogP contribution in [-0.4, -0.2) is 32.9 Å². The fourth-order valence-electron chi connectivity index (χ4n) is 2.65. The van der Waals surface area contributed by atoms with E-state index >= 15 is 0 Å². The first-order valence-electron chi connectivity index (χ1n) is 8.03. The predicted octanol–water partition coefficient (Wildman–Crippen LogP) is 2.58. The molecule has 2 aromatic rings. The van der Waals surface area contributed by atoms with Crippen molar-refractivity contribution in [2.45, 2.75) is 44.7 Å². The molecule has 1 aliphatic carbocycles. The zero-order chi connectivity index (χ0) is 16.4. The highest BCUT2D eigenvalue weighted by Gasteiger charge is 2.28. The molecule has 7 heteroatoms. The number of urea groups is 1. The van der Waals surface area contributed by atoms with Crippen molar-refractivity contribution in [3.05, 3.63) is 35.5 Å². The van der Waals surface area contributed by atoms with Gasteiger partial charge in [0.25, 0.3) is 0 Å². The van der Waals surface area contributed by atoms with Gasteiger partial charge in [-0.25, -0.2) is 4.79 Å². The summed E-state index contributed by atoms with van der Waals surface area (Å²) in [7, 11) is 3.64. The van der Waals surface area contributed by atoms with E-state index in [-0.39, 0.29) is 12.1 Å². The average Bonchev–Trinajstić information content (AvgIpc) is 3.14. The van der Waals surface area contributed by atoms with Gasteiger partial charge in [0.05, 0.1) is 18.3 Å². The number of nitrogens with zero attached hydrogens (tertiary/aromatic N) is 4. The van der Waals surface area contributed by atoms with E-state index < -0.39 is 0 Å². The Hall–Kier alpha value is -2.31. The van der Waals surface area contributed by atoms with E-state index in [1.807, 2.05) is 26.1 Å². The fourth-order valence-corrected chi connectivity index (χ4v) is 2.65. The zero-order valence-electron chi connectivity index (χ0n) is 13.8. The van der Waals surface area contributed by atoms with Gasteiger partial charge in [-0.2, -0.15) is 5.10 Å². The van der Waals surface area contributed by atoms with Crippen molar-refractivity contribution >= 4 is 6.03 Å². The van der Waals surface area contributed by atoms with Crippen LogP contribution in [0.25, 0.3) is 0 Å². The summed E-state index contributed by atoms with van der Waals surface area (Å²) in [5.74, 6) is 1.47. The summed E-state index contributed by atoms with van der Waals surface area (Å²) in [6.45, 7) is 2.47. The molecule has 124 valence electrons. The molecule has 3 rings (SSSR count). The molecule has 1 atom stereocenters. The third kappa shape index (κ3) is 3.55. The zero-order valence-corrected chi connectivity index (χ0v) is 13.8. The second-order valence-electron chi connectivity index (χ2n) is 6.14. The SMILES string of the molecule is CC[C@H](NC(=O)N(C)Cc1cc(C2CC2)on1)c1ccnn1C. The van der Waals surface area contributed by atoms with Gasteiger partial charge in [-0.05, 0) is 25.3 Å². The largest absolute Gasteiger partial charge is 0.361 e. The molecule has 1 saturated carbocycles. The van der Waals surface area contributed by atoms with Crippen LogP contribution < -0.4 is 5.32 Å². The highest BCUT2D eigenvalue weighted by atomic mass is 16.5. The molecule has 1 fully saturated rings. The van der Waals surface area contributed by atoms with E-state index in [2.05, 4.69) is 15.6 Å². The third-order valence-electron chi connectivity index (χ3n) is 4.22. The third-order valence-corrected chi connectivity index (χ3v) is 4.22. The smallest absolute Gasteiger partial charge is 0.318 e. The monoisotopic (exact) mass is 317 g/mol. The Morgan fingerprint density at radius 2 is 2.35 bits per heavy atom. The van der Waals surface area contributed by atoms with Gasteiger partial charge < -0.3 is 14.7 Å². The molecule has 1 aliphatic rings. The van der Waals surface area contributed by atoms with Crippen LogP contribution in [0.3, 0.4) is 0 Å². The molecule has 1 N–H and O–H groups in total. The summed E-state index contributed by atoms with van der Waals surface area (Å²) in [5.41, 5.74) is 1.78. The van der Waals surface area contributed by atoms with Crippen LogP contribution in [-0.2, 0) is 13.6 Å². The Balaban J connectivity index is 1.58. The lowest BCUT2D eigenvalue weighted by atomic mass is 10.1. The molecule has 23 heavy (non-hydrogen) atoms. The van der Waals surface area contributed by atoms with Gasteiger partial charge in [0, 0.05) is 32.3 Å². The lowest BCUT2D eigenvalue weighted by molar-refractivity contribution is 0.200. The maximum atomic E-state index is 12.4. The van der Waals surface area contributed by atoms with Crippen molar-refractivity contribution in [3.63, 3.8) is 0 Å². The molecule has 2 amide bonds. The summed E-state index contributed by atoms with van der Waals surface area (Å²) in [4.78, 5) is 14.0. The van der Waals surface area contributed by atoms with Gasteiger partial charge in [0.15, 0.2) is 0 Å². The fraction of sp³-hybridized carbons (Fsp3) is 0.562. The van der Waals surface area contributed by atoms with Gasteiger partial charge in [-0.15, -0.1) is 0 Å². The molecule has 2 aromatic heterocycles. The lowest BCUT2D eigenvalue weighted by Gasteiger charge is -2.22. The number of carbonyl (C=O) groups excluding carboxylic acids is 1. The second-order valence-corrected chi connectivity index (χ2v) is 6.14. The van der Waals surface area contributed by atoms with E-state index in [0.717, 1.165) is 23.6 Å². The van der Waals surface area contributed by atoms with Gasteiger partial charge in [-0.3, -0.25) is 4.68 Å². The number of hydrogen-bond acceptors (Lipinski definition) is 4. The van der Waals surface area contributed by atoms with Crippen LogP contribution in [0, 0.1) is 0 Å². The van der Waals surface area contributed by atoms with Crippen LogP contribution in [0.5, 0.6) is 0 Å². The lowest BCUT2D eigenvalue weighted by Crippen LogP contribution is -2.39. The minimum atomic E-state index is -0.131. The Kier molecular flexibility index (Phi) is 4.36. The number of amides is 2. The summed E-state index contributed by atoms with van der Waals surface area (Å²) < 4.78 is 7.11. The number of nitrogens with one attached hydrogen (secondary N) is 1. The van der Waals surface area contributed by atoms with Crippen LogP contribution >= 0.6 is 0 Å². The van der Waals surface area contributed by atoms with Crippen LogP contribution in [0.2, 0.25) is 0 Å². The minimum absolute atomic E-state index is 0.0585. The van der Waals surface area contributed by atoms with Gasteiger partial charge in [0.2, 0.25) is 0 Å². The summed E-state index contributed by atoms with van der Waals surface area (Å²) in [6, 6.07) is 3.69. The van der Waals surface area contributed by atoms with Crippen LogP contribution in [0.4, 0.5) is 4.79 Å². The van der Waals surface area contributed by atoms with E-state index in [4.69, 9.17) is 4.52 Å². The summed E-state index contributed by atoms with van der Waals surface area (Å²) in [6.07, 6.45) is 4.89. The molecule has 7 nitrogen and oxygen atoms in total. The normalized spacial score (nSPS) is 15.4. The molecule has 0 unspecified atom stereocenters. The van der Waals surface area contributed by atoms with E-state index in [1.54, 1.807) is 22.8 Å². The second kappa shape index (κ2) is 6.44. The summed E-state index contributed by atoms with van der Waals surface area (Å²) >= 11 is 0.